The number of hydrogen-bond donors (Lipinski definition) is 2. The molecule has 6 heteroatoms. The van der Waals surface area contributed by atoms with Crippen LogP contribution >= 0.6 is 0 Å². The zero-order chi connectivity index (χ0) is 21.8. The molecular weight excluding hydrogens is 386 g/mol. The van der Waals surface area contributed by atoms with Crippen LogP contribution in [0.25, 0.3) is 5.69 Å². The number of nitrogens with zero attached hydrogens (tertiary/aromatic N) is 3. The summed E-state index contributed by atoms with van der Waals surface area (Å²) in [6.45, 7) is 8.67. The summed E-state index contributed by atoms with van der Waals surface area (Å²) in [4.78, 5) is 15.2. The van der Waals surface area contributed by atoms with Gasteiger partial charge in [-0.25, -0.2) is 9.48 Å². The van der Waals surface area contributed by atoms with E-state index in [9.17, 15) is 4.79 Å². The van der Waals surface area contributed by atoms with E-state index in [-0.39, 0.29) is 6.03 Å². The highest BCUT2D eigenvalue weighted by molar-refractivity contribution is 5.90. The monoisotopic (exact) mass is 417 g/mol. The molecule has 4 rings (SSSR count). The summed E-state index contributed by atoms with van der Waals surface area (Å²) < 4.78 is 1.87. The summed E-state index contributed by atoms with van der Waals surface area (Å²) in [5.41, 5.74) is 6.31. The number of hydrogen-bond acceptors (Lipinski definition) is 3. The van der Waals surface area contributed by atoms with E-state index in [0.29, 0.717) is 12.6 Å². The van der Waals surface area contributed by atoms with Gasteiger partial charge in [0.1, 0.15) is 0 Å². The Bertz CT molecular complexity index is 1040. The SMILES string of the molecule is CCC(CNC(=O)Nc1c(C)nn(-c2ccccc2)c1C)N1CCc2ccccc2C1. The summed E-state index contributed by atoms with van der Waals surface area (Å²) in [6, 6.07) is 18.7. The Kier molecular flexibility index (Phi) is 6.37. The van der Waals surface area contributed by atoms with Gasteiger partial charge in [-0.15, -0.1) is 0 Å². The number of para-hydroxylation sites is 1. The van der Waals surface area contributed by atoms with Gasteiger partial charge in [-0.05, 0) is 49.9 Å². The summed E-state index contributed by atoms with van der Waals surface area (Å²) in [7, 11) is 0. The molecule has 0 fully saturated rings. The van der Waals surface area contributed by atoms with Crippen LogP contribution in [0.1, 0.15) is 35.9 Å². The van der Waals surface area contributed by atoms with Crippen molar-refractivity contribution in [3.63, 3.8) is 0 Å². The third-order valence-electron chi connectivity index (χ3n) is 6.18. The van der Waals surface area contributed by atoms with Crippen LogP contribution < -0.4 is 10.6 Å². The molecule has 162 valence electrons. The number of carbonyl (C=O) groups excluding carboxylic acids is 1. The van der Waals surface area contributed by atoms with E-state index >= 15 is 0 Å². The number of aromatic nitrogens is 2. The molecule has 0 radical (unpaired) electrons. The van der Waals surface area contributed by atoms with Crippen LogP contribution in [-0.4, -0.2) is 39.8 Å². The van der Waals surface area contributed by atoms with Crippen LogP contribution in [0.5, 0.6) is 0 Å². The van der Waals surface area contributed by atoms with Crippen molar-refractivity contribution in [2.75, 3.05) is 18.4 Å². The first-order valence-electron chi connectivity index (χ1n) is 11.0. The standard InChI is InChI=1S/C25H31N5O/c1-4-22(29-15-14-20-10-8-9-11-21(20)17-29)16-26-25(31)27-24-18(2)28-30(19(24)3)23-12-6-5-7-13-23/h5-13,22H,4,14-17H2,1-3H3,(H2,26,27,31). The Hall–Kier alpha value is -3.12. The van der Waals surface area contributed by atoms with Gasteiger partial charge in [0.2, 0.25) is 0 Å². The van der Waals surface area contributed by atoms with Crippen molar-refractivity contribution in [3.05, 3.63) is 77.1 Å². The van der Waals surface area contributed by atoms with Gasteiger partial charge in [0.15, 0.2) is 0 Å². The summed E-state index contributed by atoms with van der Waals surface area (Å²) in [5, 5.41) is 10.7. The van der Waals surface area contributed by atoms with E-state index in [2.05, 4.69) is 51.8 Å². The Morgan fingerprint density at radius 3 is 2.52 bits per heavy atom. The zero-order valence-electron chi connectivity index (χ0n) is 18.6. The van der Waals surface area contributed by atoms with Crippen LogP contribution in [-0.2, 0) is 13.0 Å². The second kappa shape index (κ2) is 9.35. The van der Waals surface area contributed by atoms with E-state index in [4.69, 9.17) is 0 Å². The van der Waals surface area contributed by atoms with Crippen molar-refractivity contribution < 1.29 is 4.79 Å². The third kappa shape index (κ3) is 4.64. The number of aryl methyl sites for hydroxylation is 1. The van der Waals surface area contributed by atoms with Crippen LogP contribution in [0, 0.1) is 13.8 Å². The summed E-state index contributed by atoms with van der Waals surface area (Å²) in [5.74, 6) is 0. The number of fused-ring (bicyclic) bond motifs is 1. The smallest absolute Gasteiger partial charge is 0.319 e. The fourth-order valence-corrected chi connectivity index (χ4v) is 4.37. The van der Waals surface area contributed by atoms with Gasteiger partial charge in [-0.2, -0.15) is 5.10 Å². The van der Waals surface area contributed by atoms with Crippen LogP contribution in [0.15, 0.2) is 54.6 Å². The molecule has 3 aromatic rings. The number of amides is 2. The number of nitrogens with one attached hydrogen (secondary N) is 2. The van der Waals surface area contributed by atoms with Gasteiger partial charge in [-0.1, -0.05) is 49.4 Å². The lowest BCUT2D eigenvalue weighted by Crippen LogP contribution is -2.46. The third-order valence-corrected chi connectivity index (χ3v) is 6.18. The summed E-state index contributed by atoms with van der Waals surface area (Å²) >= 11 is 0. The maximum Gasteiger partial charge on any atom is 0.319 e. The molecule has 6 nitrogen and oxygen atoms in total. The van der Waals surface area contributed by atoms with E-state index in [1.165, 1.54) is 11.1 Å². The molecule has 2 amide bonds. The van der Waals surface area contributed by atoms with Crippen LogP contribution in [0.3, 0.4) is 0 Å². The Balaban J connectivity index is 1.37. The van der Waals surface area contributed by atoms with Crippen molar-refractivity contribution in [1.29, 1.82) is 0 Å². The largest absolute Gasteiger partial charge is 0.336 e. The molecular formula is C25H31N5O. The molecule has 0 aliphatic carbocycles. The van der Waals surface area contributed by atoms with Crippen molar-refractivity contribution in [2.24, 2.45) is 0 Å². The minimum atomic E-state index is -0.185. The second-order valence-electron chi connectivity index (χ2n) is 8.18. The number of benzene rings is 2. The van der Waals surface area contributed by atoms with Gasteiger partial charge in [-0.3, -0.25) is 4.90 Å². The van der Waals surface area contributed by atoms with Crippen molar-refractivity contribution in [2.45, 2.75) is 46.2 Å². The maximum atomic E-state index is 12.7. The van der Waals surface area contributed by atoms with Crippen molar-refractivity contribution in [3.8, 4) is 5.69 Å². The maximum absolute atomic E-state index is 12.7. The molecule has 0 saturated heterocycles. The average molecular weight is 418 g/mol. The number of rotatable bonds is 6. The minimum Gasteiger partial charge on any atom is -0.336 e. The van der Waals surface area contributed by atoms with Gasteiger partial charge in [0.25, 0.3) is 0 Å². The van der Waals surface area contributed by atoms with Gasteiger partial charge >= 0.3 is 6.03 Å². The van der Waals surface area contributed by atoms with E-state index in [1.54, 1.807) is 0 Å². The lowest BCUT2D eigenvalue weighted by molar-refractivity contribution is 0.170. The van der Waals surface area contributed by atoms with E-state index in [1.807, 2.05) is 48.9 Å². The molecule has 2 N–H and O–H groups in total. The first kappa shape index (κ1) is 21.1. The zero-order valence-corrected chi connectivity index (χ0v) is 18.6. The predicted molar refractivity (Wildman–Crippen MR) is 125 cm³/mol. The highest BCUT2D eigenvalue weighted by Gasteiger charge is 2.23. The predicted octanol–water partition coefficient (Wildman–Crippen LogP) is 4.45. The van der Waals surface area contributed by atoms with Crippen LogP contribution in [0.2, 0.25) is 0 Å². The van der Waals surface area contributed by atoms with Crippen molar-refractivity contribution >= 4 is 11.7 Å². The van der Waals surface area contributed by atoms with E-state index < -0.39 is 0 Å². The minimum absolute atomic E-state index is 0.185. The molecule has 1 unspecified atom stereocenters. The topological polar surface area (TPSA) is 62.2 Å². The molecule has 31 heavy (non-hydrogen) atoms. The Labute approximate surface area is 184 Å². The van der Waals surface area contributed by atoms with Crippen molar-refractivity contribution in [1.82, 2.24) is 20.0 Å². The normalized spacial score (nSPS) is 14.7. The second-order valence-corrected chi connectivity index (χ2v) is 8.18. The highest BCUT2D eigenvalue weighted by Crippen LogP contribution is 2.23. The first-order chi connectivity index (χ1) is 15.1. The number of carbonyl (C=O) groups is 1. The van der Waals surface area contributed by atoms with Crippen LogP contribution in [0.4, 0.5) is 10.5 Å². The lowest BCUT2D eigenvalue weighted by atomic mass is 9.98. The fraction of sp³-hybridized carbons (Fsp3) is 0.360. The molecule has 2 heterocycles. The Morgan fingerprint density at radius 1 is 1.06 bits per heavy atom. The quantitative estimate of drug-likeness (QED) is 0.623. The molecule has 1 aliphatic rings. The number of urea groups is 1. The molecule has 2 aromatic carbocycles. The summed E-state index contributed by atoms with van der Waals surface area (Å²) in [6.07, 6.45) is 2.06. The van der Waals surface area contributed by atoms with Gasteiger partial charge in [0, 0.05) is 25.7 Å². The first-order valence-corrected chi connectivity index (χ1v) is 11.0. The lowest BCUT2D eigenvalue weighted by Gasteiger charge is -2.35. The molecule has 0 saturated carbocycles. The molecule has 0 spiro atoms. The highest BCUT2D eigenvalue weighted by atomic mass is 16.2. The van der Waals surface area contributed by atoms with Gasteiger partial charge < -0.3 is 10.6 Å². The Morgan fingerprint density at radius 2 is 1.77 bits per heavy atom. The fourth-order valence-electron chi connectivity index (χ4n) is 4.37. The molecule has 0 bridgehead atoms. The number of anilines is 1. The molecule has 1 aromatic heterocycles. The van der Waals surface area contributed by atoms with Gasteiger partial charge in [0.05, 0.1) is 22.8 Å². The molecule has 1 atom stereocenters. The van der Waals surface area contributed by atoms with E-state index in [0.717, 1.165) is 48.7 Å². The average Bonchev–Trinajstić information content (AvgIpc) is 3.08. The molecule has 1 aliphatic heterocycles.